The van der Waals surface area contributed by atoms with E-state index in [-0.39, 0.29) is 22.1 Å². The van der Waals surface area contributed by atoms with Crippen LogP contribution >= 0.6 is 34.8 Å². The van der Waals surface area contributed by atoms with Gasteiger partial charge in [0.15, 0.2) is 0 Å². The first kappa shape index (κ1) is 19.5. The summed E-state index contributed by atoms with van der Waals surface area (Å²) in [6.45, 7) is 0. The molecule has 0 unspecified atom stereocenters. The number of halogens is 3. The van der Waals surface area contributed by atoms with Gasteiger partial charge in [-0.25, -0.2) is 9.97 Å². The Balaban J connectivity index is 2.12. The van der Waals surface area contributed by atoms with E-state index in [4.69, 9.17) is 34.8 Å². The highest BCUT2D eigenvalue weighted by atomic mass is 35.6. The Bertz CT molecular complexity index is 1280. The number of nitrogens with zero attached hydrogens (tertiary/aromatic N) is 2. The van der Waals surface area contributed by atoms with Gasteiger partial charge >= 0.3 is 0 Å². The minimum Gasteiger partial charge on any atom is -0.507 e. The zero-order valence-corrected chi connectivity index (χ0v) is 16.5. The van der Waals surface area contributed by atoms with Crippen LogP contribution in [0, 0.1) is 0 Å². The van der Waals surface area contributed by atoms with Gasteiger partial charge < -0.3 is 20.2 Å². The SMILES string of the molecule is O=c1[nH]c2ncccc2c(O)c1C(c1c(O)c2cccnc2[nH]c1=O)C(Cl)(Cl)Cl. The Kier molecular flexibility index (Phi) is 4.65. The molecule has 0 aromatic carbocycles. The van der Waals surface area contributed by atoms with E-state index >= 15 is 0 Å². The molecule has 148 valence electrons. The molecule has 0 atom stereocenters. The van der Waals surface area contributed by atoms with Crippen LogP contribution in [-0.4, -0.2) is 33.9 Å². The van der Waals surface area contributed by atoms with Gasteiger partial charge in [0.25, 0.3) is 11.1 Å². The summed E-state index contributed by atoms with van der Waals surface area (Å²) >= 11 is 18.4. The van der Waals surface area contributed by atoms with Crippen molar-refractivity contribution in [3.63, 3.8) is 0 Å². The average Bonchev–Trinajstić information content (AvgIpc) is 2.66. The molecule has 4 aromatic heterocycles. The minimum absolute atomic E-state index is 0.114. The number of hydrogen-bond donors (Lipinski definition) is 4. The lowest BCUT2D eigenvalue weighted by Crippen LogP contribution is -2.31. The van der Waals surface area contributed by atoms with Gasteiger partial charge in [0.05, 0.1) is 27.8 Å². The van der Waals surface area contributed by atoms with Crippen LogP contribution in [0.5, 0.6) is 11.5 Å². The summed E-state index contributed by atoms with van der Waals surface area (Å²) in [5, 5.41) is 21.9. The number of alkyl halides is 3. The number of aromatic hydroxyl groups is 2. The van der Waals surface area contributed by atoms with E-state index < -0.39 is 43.5 Å². The van der Waals surface area contributed by atoms with Crippen LogP contribution < -0.4 is 11.1 Å². The van der Waals surface area contributed by atoms with Crippen LogP contribution in [-0.2, 0) is 0 Å². The lowest BCUT2D eigenvalue weighted by Gasteiger charge is -2.25. The maximum atomic E-state index is 12.8. The fraction of sp³-hybridized carbons (Fsp3) is 0.111. The highest BCUT2D eigenvalue weighted by molar-refractivity contribution is 6.68. The number of nitrogens with one attached hydrogen (secondary N) is 2. The number of aromatic amines is 2. The summed E-state index contributed by atoms with van der Waals surface area (Å²) in [6, 6.07) is 6.09. The number of H-pyrrole nitrogens is 2. The van der Waals surface area contributed by atoms with Gasteiger partial charge in [-0.05, 0) is 24.3 Å². The van der Waals surface area contributed by atoms with Gasteiger partial charge in [0.2, 0.25) is 3.79 Å². The maximum Gasteiger partial charge on any atom is 0.257 e. The van der Waals surface area contributed by atoms with Gasteiger partial charge in [-0.2, -0.15) is 0 Å². The van der Waals surface area contributed by atoms with E-state index in [0.717, 1.165) is 0 Å². The maximum absolute atomic E-state index is 12.8. The van der Waals surface area contributed by atoms with Gasteiger partial charge in [0, 0.05) is 12.4 Å². The van der Waals surface area contributed by atoms with Crippen LogP contribution in [0.4, 0.5) is 0 Å². The predicted molar refractivity (Wildman–Crippen MR) is 110 cm³/mol. The smallest absolute Gasteiger partial charge is 0.257 e. The van der Waals surface area contributed by atoms with Gasteiger partial charge in [-0.1, -0.05) is 34.8 Å². The second-order valence-corrected chi connectivity index (χ2v) is 8.58. The molecular formula is C18H11Cl3N4O4. The number of aromatic nitrogens is 4. The van der Waals surface area contributed by atoms with Crippen molar-refractivity contribution < 1.29 is 10.2 Å². The molecule has 0 aliphatic heterocycles. The summed E-state index contributed by atoms with van der Waals surface area (Å²) in [4.78, 5) is 38.5. The molecule has 8 nitrogen and oxygen atoms in total. The number of pyridine rings is 4. The molecule has 4 heterocycles. The molecule has 0 saturated heterocycles. The Hall–Kier alpha value is -2.81. The highest BCUT2D eigenvalue weighted by Gasteiger charge is 2.43. The molecule has 4 aromatic rings. The molecule has 4 rings (SSSR count). The summed E-state index contributed by atoms with van der Waals surface area (Å²) in [6.07, 6.45) is 2.85. The molecule has 0 aliphatic carbocycles. The molecule has 0 radical (unpaired) electrons. The van der Waals surface area contributed by atoms with E-state index in [1.807, 2.05) is 0 Å². The van der Waals surface area contributed by atoms with Crippen LogP contribution in [0.1, 0.15) is 17.0 Å². The Morgan fingerprint density at radius 1 is 0.828 bits per heavy atom. The molecule has 0 fully saturated rings. The third-order valence-corrected chi connectivity index (χ3v) is 5.15. The standard InChI is InChI=1S/C18H11Cl3N4O4/c19-18(20,21)11(9-12(26)7-3-1-5-22-14(7)24-16(9)28)10-13(27)8-4-2-6-23-15(8)25-17(10)29/h1-6,11H,(H2,22,24,26,28)(H2,23,25,27,29). The Morgan fingerprint density at radius 2 is 1.24 bits per heavy atom. The van der Waals surface area contributed by atoms with Crippen molar-refractivity contribution in [3.05, 3.63) is 68.5 Å². The van der Waals surface area contributed by atoms with E-state index in [1.54, 1.807) is 12.1 Å². The quantitative estimate of drug-likeness (QED) is 0.345. The summed E-state index contributed by atoms with van der Waals surface area (Å²) in [7, 11) is 0. The molecule has 0 amide bonds. The molecule has 29 heavy (non-hydrogen) atoms. The van der Waals surface area contributed by atoms with Crippen molar-refractivity contribution in [1.82, 2.24) is 19.9 Å². The highest BCUT2D eigenvalue weighted by Crippen LogP contribution is 2.49. The van der Waals surface area contributed by atoms with Gasteiger partial charge in [-0.15, -0.1) is 0 Å². The third-order valence-electron chi connectivity index (χ3n) is 4.49. The van der Waals surface area contributed by atoms with E-state index in [0.29, 0.717) is 0 Å². The number of fused-ring (bicyclic) bond motifs is 2. The summed E-state index contributed by atoms with van der Waals surface area (Å²) in [5.41, 5.74) is -2.21. The summed E-state index contributed by atoms with van der Waals surface area (Å²) < 4.78 is -2.28. The number of rotatable bonds is 2. The largest absolute Gasteiger partial charge is 0.507 e. The second kappa shape index (κ2) is 6.91. The predicted octanol–water partition coefficient (Wildman–Crippen LogP) is 3.07. The van der Waals surface area contributed by atoms with Gasteiger partial charge in [0.1, 0.15) is 22.8 Å². The zero-order valence-electron chi connectivity index (χ0n) is 14.3. The fourth-order valence-corrected chi connectivity index (χ4v) is 3.91. The molecule has 0 bridgehead atoms. The van der Waals surface area contributed by atoms with Crippen molar-refractivity contribution in [3.8, 4) is 11.5 Å². The lowest BCUT2D eigenvalue weighted by atomic mass is 9.91. The van der Waals surface area contributed by atoms with E-state index in [9.17, 15) is 19.8 Å². The topological polar surface area (TPSA) is 132 Å². The zero-order chi connectivity index (χ0) is 20.9. The van der Waals surface area contributed by atoms with Gasteiger partial charge in [-0.3, -0.25) is 9.59 Å². The first-order valence-electron chi connectivity index (χ1n) is 8.16. The second-order valence-electron chi connectivity index (χ2n) is 6.21. The first-order chi connectivity index (χ1) is 13.7. The van der Waals surface area contributed by atoms with E-state index in [2.05, 4.69) is 19.9 Å². The molecular weight excluding hydrogens is 443 g/mol. The first-order valence-corrected chi connectivity index (χ1v) is 9.30. The van der Waals surface area contributed by atoms with Crippen molar-refractivity contribution in [2.24, 2.45) is 0 Å². The summed E-state index contributed by atoms with van der Waals surface area (Å²) in [5.74, 6) is -2.63. The number of hydrogen-bond acceptors (Lipinski definition) is 6. The molecule has 0 aliphatic rings. The van der Waals surface area contributed by atoms with Crippen molar-refractivity contribution >= 4 is 56.9 Å². The van der Waals surface area contributed by atoms with Crippen LogP contribution in [0.2, 0.25) is 0 Å². The Labute approximate surface area is 176 Å². The van der Waals surface area contributed by atoms with Crippen molar-refractivity contribution in [2.45, 2.75) is 9.71 Å². The molecule has 11 heteroatoms. The van der Waals surface area contributed by atoms with Crippen molar-refractivity contribution in [1.29, 1.82) is 0 Å². The molecule has 0 spiro atoms. The van der Waals surface area contributed by atoms with Crippen molar-refractivity contribution in [2.75, 3.05) is 0 Å². The Morgan fingerprint density at radius 3 is 1.62 bits per heavy atom. The van der Waals surface area contributed by atoms with Crippen LogP contribution in [0.15, 0.2) is 46.2 Å². The molecule has 4 N–H and O–H groups in total. The van der Waals surface area contributed by atoms with Crippen LogP contribution in [0.3, 0.4) is 0 Å². The third kappa shape index (κ3) is 3.19. The fourth-order valence-electron chi connectivity index (χ4n) is 3.25. The normalized spacial score (nSPS) is 12.1. The average molecular weight is 454 g/mol. The monoisotopic (exact) mass is 452 g/mol. The lowest BCUT2D eigenvalue weighted by molar-refractivity contribution is 0.458. The minimum atomic E-state index is -2.28. The molecule has 0 saturated carbocycles. The van der Waals surface area contributed by atoms with E-state index in [1.165, 1.54) is 24.5 Å². The van der Waals surface area contributed by atoms with Crippen LogP contribution in [0.25, 0.3) is 22.1 Å².